The summed E-state index contributed by atoms with van der Waals surface area (Å²) in [7, 11) is 0. The fourth-order valence-corrected chi connectivity index (χ4v) is 6.63. The molecule has 15 atom stereocenters. The number of unbranched alkanes of at least 4 members (excludes halogenated alkanes) is 2. The minimum Gasteiger partial charge on any atom is -0.481 e. The van der Waals surface area contributed by atoms with Gasteiger partial charge in [-0.2, -0.15) is 0 Å². The molecule has 3 heterocycles. The fourth-order valence-electron chi connectivity index (χ4n) is 6.63. The van der Waals surface area contributed by atoms with Crippen LogP contribution in [0.2, 0.25) is 0 Å². The third kappa shape index (κ3) is 16.3. The Morgan fingerprint density at radius 3 is 1.48 bits per heavy atom. The van der Waals surface area contributed by atoms with Crippen molar-refractivity contribution in [2.24, 2.45) is 0 Å². The van der Waals surface area contributed by atoms with Gasteiger partial charge in [0.25, 0.3) is 0 Å². The zero-order chi connectivity index (χ0) is 46.1. The van der Waals surface area contributed by atoms with Gasteiger partial charge in [-0.05, 0) is 19.8 Å². The lowest BCUT2D eigenvalue weighted by molar-refractivity contribution is -0.303. The highest BCUT2D eigenvalue weighted by Crippen LogP contribution is 2.24. The van der Waals surface area contributed by atoms with Gasteiger partial charge in [-0.1, -0.05) is 6.42 Å². The van der Waals surface area contributed by atoms with Crippen molar-refractivity contribution in [1.29, 1.82) is 0 Å². The average molecular weight is 905 g/mol. The Balaban J connectivity index is 1.69. The number of ether oxygens (including phenoxy) is 6. The summed E-state index contributed by atoms with van der Waals surface area (Å²) in [5.74, 6) is -2.95. The third-order valence-electron chi connectivity index (χ3n) is 10.3. The molecule has 0 unspecified atom stereocenters. The molecule has 3 amide bonds. The lowest BCUT2D eigenvalue weighted by atomic mass is 9.99. The predicted molar refractivity (Wildman–Crippen MR) is 203 cm³/mol. The van der Waals surface area contributed by atoms with E-state index in [-0.39, 0.29) is 39.2 Å². The molecule has 0 aromatic carbocycles. The number of carbonyl (C=O) groups is 4. The minimum absolute atomic E-state index is 0.0416. The van der Waals surface area contributed by atoms with Crippen molar-refractivity contribution in [3.05, 3.63) is 0 Å². The Bertz CT molecular complexity index is 1330. The number of aliphatic carboxylic acids is 1. The molecule has 14 N–H and O–H groups in total. The van der Waals surface area contributed by atoms with E-state index in [9.17, 15) is 75.3 Å². The van der Waals surface area contributed by atoms with Crippen LogP contribution in [0, 0.1) is 0 Å². The van der Waals surface area contributed by atoms with Crippen LogP contribution < -0.4 is 10.6 Å². The van der Waals surface area contributed by atoms with Crippen LogP contribution in [0.5, 0.6) is 0 Å². The highest BCUT2D eigenvalue weighted by molar-refractivity contribution is 5.84. The van der Waals surface area contributed by atoms with Crippen LogP contribution in [0.1, 0.15) is 32.6 Å². The number of carbonyl (C=O) groups excluding carboxylic acids is 3. The largest absolute Gasteiger partial charge is 0.481 e. The molecule has 3 aliphatic heterocycles. The van der Waals surface area contributed by atoms with Crippen LogP contribution in [0.25, 0.3) is 0 Å². The summed E-state index contributed by atoms with van der Waals surface area (Å²) in [6.07, 6.45) is -21.4. The molecular formula is C36H64N4O22. The van der Waals surface area contributed by atoms with Gasteiger partial charge in [0.15, 0.2) is 18.9 Å². The molecule has 0 saturated carbocycles. The molecule has 0 spiro atoms. The molecule has 3 rings (SSSR count). The van der Waals surface area contributed by atoms with Gasteiger partial charge in [0.1, 0.15) is 67.1 Å². The van der Waals surface area contributed by atoms with Crippen LogP contribution in [0.15, 0.2) is 0 Å². The van der Waals surface area contributed by atoms with Crippen molar-refractivity contribution in [2.75, 3.05) is 78.8 Å². The van der Waals surface area contributed by atoms with E-state index in [2.05, 4.69) is 10.6 Å². The summed E-state index contributed by atoms with van der Waals surface area (Å²) < 4.78 is 32.6. The van der Waals surface area contributed by atoms with Crippen molar-refractivity contribution in [3.63, 3.8) is 0 Å². The lowest BCUT2D eigenvalue weighted by Gasteiger charge is -2.40. The zero-order valence-corrected chi connectivity index (χ0v) is 34.3. The van der Waals surface area contributed by atoms with E-state index in [1.807, 2.05) is 0 Å². The van der Waals surface area contributed by atoms with Crippen molar-refractivity contribution in [1.82, 2.24) is 20.4 Å². The average Bonchev–Trinajstić information content (AvgIpc) is 3.23. The highest BCUT2D eigenvalue weighted by Gasteiger charge is 2.46. The van der Waals surface area contributed by atoms with Gasteiger partial charge in [0.2, 0.25) is 17.7 Å². The van der Waals surface area contributed by atoms with Gasteiger partial charge in [0, 0.05) is 32.6 Å². The van der Waals surface area contributed by atoms with Gasteiger partial charge in [-0.3, -0.25) is 24.1 Å². The van der Waals surface area contributed by atoms with E-state index >= 15 is 0 Å². The molecule has 0 aromatic rings. The van der Waals surface area contributed by atoms with E-state index < -0.39 is 162 Å². The highest BCUT2D eigenvalue weighted by atomic mass is 16.7. The van der Waals surface area contributed by atoms with E-state index in [0.717, 1.165) is 4.90 Å². The third-order valence-corrected chi connectivity index (χ3v) is 10.3. The summed E-state index contributed by atoms with van der Waals surface area (Å²) in [5, 5.41) is 124. The van der Waals surface area contributed by atoms with Crippen molar-refractivity contribution in [3.8, 4) is 0 Å². The maximum atomic E-state index is 13.9. The van der Waals surface area contributed by atoms with Gasteiger partial charge in [-0.15, -0.1) is 0 Å². The molecule has 26 heteroatoms. The SMILES string of the molecule is C[C@@H]1O[C@@H](OCCNC(=O)CN(CC(=O)NCCCCCC(=O)O)CC(=O)N(CCO[C@H]2O[C@H](CO)[C@@H](O)[C@H](O)[C@@H]2O)CCO[C@H]2O[C@H](CO)[C@@H](O)[C@H](O)[C@@H]2O)[C@@H](O)[C@H](O)[C@@H]1O. The first kappa shape index (κ1) is 53.5. The Morgan fingerprint density at radius 1 is 0.548 bits per heavy atom. The van der Waals surface area contributed by atoms with Crippen molar-refractivity contribution in [2.45, 2.75) is 125 Å². The van der Waals surface area contributed by atoms with E-state index in [4.69, 9.17) is 33.5 Å². The van der Waals surface area contributed by atoms with E-state index in [1.54, 1.807) is 0 Å². The molecular weight excluding hydrogens is 840 g/mol. The Morgan fingerprint density at radius 2 is 1.00 bits per heavy atom. The maximum Gasteiger partial charge on any atom is 0.303 e. The number of nitrogens with one attached hydrogen (secondary N) is 2. The Kier molecular flexibility index (Phi) is 23.1. The molecule has 0 aliphatic carbocycles. The summed E-state index contributed by atoms with van der Waals surface area (Å²) in [6, 6.07) is 0. The molecule has 0 radical (unpaired) electrons. The second-order valence-electron chi connectivity index (χ2n) is 15.1. The van der Waals surface area contributed by atoms with Crippen LogP contribution in [0.4, 0.5) is 0 Å². The summed E-state index contributed by atoms with van der Waals surface area (Å²) in [4.78, 5) is 53.1. The lowest BCUT2D eigenvalue weighted by Crippen LogP contribution is -2.59. The molecule has 62 heavy (non-hydrogen) atoms. The number of carboxylic acids is 1. The van der Waals surface area contributed by atoms with Gasteiger partial charge >= 0.3 is 5.97 Å². The normalized spacial score (nSPS) is 33.9. The minimum atomic E-state index is -1.76. The number of hydrogen-bond donors (Lipinski definition) is 14. The molecule has 3 saturated heterocycles. The topological polar surface area (TPSA) is 397 Å². The molecule has 360 valence electrons. The molecule has 3 fully saturated rings. The number of nitrogens with zero attached hydrogens (tertiary/aromatic N) is 2. The number of aliphatic hydroxyl groups is 11. The number of carboxylic acid groups (broad SMARTS) is 1. The number of amides is 3. The van der Waals surface area contributed by atoms with Crippen molar-refractivity contribution >= 4 is 23.7 Å². The first-order valence-corrected chi connectivity index (χ1v) is 20.3. The fraction of sp³-hybridized carbons (Fsp3) is 0.889. The van der Waals surface area contributed by atoms with Gasteiger partial charge in [0.05, 0.1) is 58.8 Å². The Hall–Kier alpha value is -2.84. The Labute approximate surface area is 356 Å². The van der Waals surface area contributed by atoms with Crippen LogP contribution in [-0.2, 0) is 47.6 Å². The zero-order valence-electron chi connectivity index (χ0n) is 34.3. The predicted octanol–water partition coefficient (Wildman–Crippen LogP) is -8.53. The molecule has 26 nitrogen and oxygen atoms in total. The van der Waals surface area contributed by atoms with Crippen LogP contribution >= 0.6 is 0 Å². The number of hydrogen-bond acceptors (Lipinski definition) is 22. The first-order valence-electron chi connectivity index (χ1n) is 20.3. The smallest absolute Gasteiger partial charge is 0.303 e. The summed E-state index contributed by atoms with van der Waals surface area (Å²) in [5.41, 5.74) is 0. The molecule has 3 aliphatic rings. The van der Waals surface area contributed by atoms with Gasteiger partial charge in [-0.25, -0.2) is 0 Å². The first-order chi connectivity index (χ1) is 29.4. The van der Waals surface area contributed by atoms with Gasteiger partial charge < -0.3 is 105 Å². The maximum absolute atomic E-state index is 13.9. The second-order valence-corrected chi connectivity index (χ2v) is 15.1. The quantitative estimate of drug-likeness (QED) is 0.0358. The number of rotatable bonds is 26. The van der Waals surface area contributed by atoms with E-state index in [0.29, 0.717) is 19.3 Å². The standard InChI is InChI=1S/C36H64N4O22/c1-18-25(48)28(51)31(54)34(60-18)57-10-7-38-22(44)14-39(13-21(43)37-6-4-2-3-5-24(46)47)15-23(45)40(8-11-58-35-32(55)29(52)26(49)19(16-41)61-35)9-12-59-36-33(56)30(53)27(50)20(17-42)62-36/h18-20,25-36,41-42,48-56H,2-17H2,1H3,(H,37,43)(H,38,44)(H,46,47)/t18-,19+,20+,25+,26+,27+,28+,29-,30-,31-,32-,33-,34+,35-,36-/m0/s1. The van der Waals surface area contributed by atoms with E-state index in [1.165, 1.54) is 11.8 Å². The second kappa shape index (κ2) is 26.8. The summed E-state index contributed by atoms with van der Waals surface area (Å²) >= 11 is 0. The molecule has 0 aromatic heterocycles. The van der Waals surface area contributed by atoms with Crippen LogP contribution in [0.3, 0.4) is 0 Å². The number of aliphatic hydroxyl groups excluding tert-OH is 11. The summed E-state index contributed by atoms with van der Waals surface area (Å²) in [6.45, 7) is -3.20. The van der Waals surface area contributed by atoms with Crippen LogP contribution in [-0.4, -0.2) is 266 Å². The van der Waals surface area contributed by atoms with Crippen molar-refractivity contribution < 1.29 is 109 Å². The molecule has 0 bridgehead atoms. The monoisotopic (exact) mass is 904 g/mol.